The molecule has 0 aromatic heterocycles. The molecule has 7 heteroatoms. The first-order valence-electron chi connectivity index (χ1n) is 7.59. The number of hydrogen-bond donors (Lipinski definition) is 1. The van der Waals surface area contributed by atoms with Crippen LogP contribution < -0.4 is 10.2 Å². The number of nitrogens with one attached hydrogen (secondary N) is 1. The van der Waals surface area contributed by atoms with E-state index in [-0.39, 0.29) is 0 Å². The van der Waals surface area contributed by atoms with Crippen molar-refractivity contribution in [3.63, 3.8) is 0 Å². The number of amides is 1. The highest BCUT2D eigenvalue weighted by Gasteiger charge is 2.26. The van der Waals surface area contributed by atoms with Crippen LogP contribution in [0.5, 0.6) is 0 Å². The SMILES string of the molecule is CNC(=O)OCCN1CN(C)C(=S)N(c2ccc(C)cc2C)C1. The molecule has 1 aliphatic rings. The summed E-state index contributed by atoms with van der Waals surface area (Å²) < 4.78 is 5.07. The van der Waals surface area contributed by atoms with E-state index in [1.807, 2.05) is 11.9 Å². The van der Waals surface area contributed by atoms with E-state index in [0.717, 1.165) is 17.5 Å². The number of benzene rings is 1. The summed E-state index contributed by atoms with van der Waals surface area (Å²) in [6.45, 7) is 6.59. The predicted octanol–water partition coefficient (Wildman–Crippen LogP) is 1.91. The van der Waals surface area contributed by atoms with Crippen LogP contribution in [0.3, 0.4) is 0 Å². The van der Waals surface area contributed by atoms with Crippen LogP contribution in [0.1, 0.15) is 11.1 Å². The van der Waals surface area contributed by atoms with Gasteiger partial charge >= 0.3 is 6.09 Å². The molecule has 1 amide bonds. The average Bonchev–Trinajstić information content (AvgIpc) is 2.51. The van der Waals surface area contributed by atoms with Crippen LogP contribution in [-0.4, -0.2) is 61.6 Å². The second kappa shape index (κ2) is 7.61. The van der Waals surface area contributed by atoms with Crippen LogP contribution in [-0.2, 0) is 4.74 Å². The molecular weight excluding hydrogens is 312 g/mol. The number of aryl methyl sites for hydroxylation is 2. The van der Waals surface area contributed by atoms with Crippen LogP contribution in [0, 0.1) is 13.8 Å². The Morgan fingerprint density at radius 3 is 2.74 bits per heavy atom. The molecule has 23 heavy (non-hydrogen) atoms. The number of carbonyl (C=O) groups excluding carboxylic acids is 1. The molecule has 0 saturated carbocycles. The van der Waals surface area contributed by atoms with Crippen molar-refractivity contribution in [3.8, 4) is 0 Å². The van der Waals surface area contributed by atoms with Gasteiger partial charge in [-0.3, -0.25) is 4.90 Å². The van der Waals surface area contributed by atoms with Gasteiger partial charge in [0, 0.05) is 26.3 Å². The Morgan fingerprint density at radius 1 is 1.35 bits per heavy atom. The van der Waals surface area contributed by atoms with Crippen LogP contribution in [0.15, 0.2) is 18.2 Å². The minimum Gasteiger partial charge on any atom is -0.448 e. The van der Waals surface area contributed by atoms with Crippen LogP contribution in [0.25, 0.3) is 0 Å². The first kappa shape index (κ1) is 17.5. The van der Waals surface area contributed by atoms with Gasteiger partial charge in [0.1, 0.15) is 6.61 Å². The molecule has 0 spiro atoms. The molecule has 1 N–H and O–H groups in total. The summed E-state index contributed by atoms with van der Waals surface area (Å²) in [6, 6.07) is 6.36. The first-order valence-corrected chi connectivity index (χ1v) is 8.00. The van der Waals surface area contributed by atoms with E-state index in [1.54, 1.807) is 7.05 Å². The molecule has 6 nitrogen and oxygen atoms in total. The average molecular weight is 336 g/mol. The summed E-state index contributed by atoms with van der Waals surface area (Å²) in [5, 5.41) is 3.25. The summed E-state index contributed by atoms with van der Waals surface area (Å²) in [6.07, 6.45) is -0.405. The molecule has 1 aromatic rings. The van der Waals surface area contributed by atoms with Gasteiger partial charge in [-0.15, -0.1) is 0 Å². The Balaban J connectivity index is 2.06. The fraction of sp³-hybridized carbons (Fsp3) is 0.500. The molecule has 0 radical (unpaired) electrons. The quantitative estimate of drug-likeness (QED) is 0.848. The number of rotatable bonds is 4. The molecule has 1 aliphatic heterocycles. The summed E-state index contributed by atoms with van der Waals surface area (Å²) >= 11 is 5.58. The van der Waals surface area contributed by atoms with E-state index in [2.05, 4.69) is 47.2 Å². The van der Waals surface area contributed by atoms with Crippen molar-refractivity contribution in [2.45, 2.75) is 13.8 Å². The van der Waals surface area contributed by atoms with Gasteiger partial charge in [-0.05, 0) is 37.7 Å². The van der Waals surface area contributed by atoms with E-state index in [1.165, 1.54) is 11.1 Å². The number of hydrogen-bond acceptors (Lipinski definition) is 4. The number of alkyl carbamates (subject to hydrolysis) is 1. The highest BCUT2D eigenvalue weighted by Crippen LogP contribution is 2.24. The summed E-state index contributed by atoms with van der Waals surface area (Å²) in [5.74, 6) is 0. The van der Waals surface area contributed by atoms with Crippen molar-refractivity contribution in [2.75, 3.05) is 45.5 Å². The Hall–Kier alpha value is -1.86. The van der Waals surface area contributed by atoms with Crippen molar-refractivity contribution < 1.29 is 9.53 Å². The third-order valence-corrected chi connectivity index (χ3v) is 4.33. The van der Waals surface area contributed by atoms with Crippen molar-refractivity contribution in [3.05, 3.63) is 29.3 Å². The highest BCUT2D eigenvalue weighted by molar-refractivity contribution is 7.80. The predicted molar refractivity (Wildman–Crippen MR) is 95.6 cm³/mol. The molecule has 0 aliphatic carbocycles. The lowest BCUT2D eigenvalue weighted by molar-refractivity contribution is 0.112. The molecule has 1 saturated heterocycles. The Morgan fingerprint density at radius 2 is 2.09 bits per heavy atom. The monoisotopic (exact) mass is 336 g/mol. The van der Waals surface area contributed by atoms with E-state index in [0.29, 0.717) is 19.8 Å². The minimum absolute atomic E-state index is 0.348. The van der Waals surface area contributed by atoms with Crippen molar-refractivity contribution in [1.82, 2.24) is 15.1 Å². The smallest absolute Gasteiger partial charge is 0.406 e. The zero-order chi connectivity index (χ0) is 17.0. The Labute approximate surface area is 143 Å². The van der Waals surface area contributed by atoms with E-state index >= 15 is 0 Å². The number of thiocarbonyl (C=S) groups is 1. The maximum Gasteiger partial charge on any atom is 0.406 e. The molecule has 0 unspecified atom stereocenters. The topological polar surface area (TPSA) is 48.1 Å². The molecule has 0 atom stereocenters. The largest absolute Gasteiger partial charge is 0.448 e. The lowest BCUT2D eigenvalue weighted by Crippen LogP contribution is -2.57. The van der Waals surface area contributed by atoms with Gasteiger partial charge in [-0.1, -0.05) is 17.7 Å². The van der Waals surface area contributed by atoms with Gasteiger partial charge in [0.05, 0.1) is 13.3 Å². The van der Waals surface area contributed by atoms with E-state index < -0.39 is 6.09 Å². The molecule has 1 heterocycles. The minimum atomic E-state index is -0.405. The lowest BCUT2D eigenvalue weighted by atomic mass is 10.1. The van der Waals surface area contributed by atoms with Gasteiger partial charge in [-0.2, -0.15) is 0 Å². The molecule has 126 valence electrons. The van der Waals surface area contributed by atoms with Crippen molar-refractivity contribution in [2.24, 2.45) is 0 Å². The number of nitrogens with zero attached hydrogens (tertiary/aromatic N) is 3. The fourth-order valence-electron chi connectivity index (χ4n) is 2.64. The molecule has 2 rings (SSSR count). The normalized spacial score (nSPS) is 15.7. The third-order valence-electron chi connectivity index (χ3n) is 3.80. The van der Waals surface area contributed by atoms with Gasteiger partial charge in [-0.25, -0.2) is 4.79 Å². The van der Waals surface area contributed by atoms with E-state index in [9.17, 15) is 4.79 Å². The molecule has 0 bridgehead atoms. The first-order chi connectivity index (χ1) is 10.9. The number of carbonyl (C=O) groups is 1. The third kappa shape index (κ3) is 4.33. The maximum absolute atomic E-state index is 11.1. The molecule has 1 aromatic carbocycles. The van der Waals surface area contributed by atoms with Crippen molar-refractivity contribution >= 4 is 29.1 Å². The van der Waals surface area contributed by atoms with Crippen LogP contribution in [0.4, 0.5) is 10.5 Å². The second-order valence-corrected chi connectivity index (χ2v) is 6.13. The van der Waals surface area contributed by atoms with Gasteiger partial charge in [0.15, 0.2) is 5.11 Å². The van der Waals surface area contributed by atoms with Gasteiger partial charge < -0.3 is 19.9 Å². The Kier molecular flexibility index (Phi) is 5.79. The summed E-state index contributed by atoms with van der Waals surface area (Å²) in [7, 11) is 3.53. The standard InChI is InChI=1S/C16H24N4O2S/c1-12-5-6-14(13(2)9-12)20-11-19(10-18(4)16(20)23)7-8-22-15(21)17-3/h5-6,9H,7-8,10-11H2,1-4H3,(H,17,21). The maximum atomic E-state index is 11.1. The van der Waals surface area contributed by atoms with E-state index in [4.69, 9.17) is 17.0 Å². The van der Waals surface area contributed by atoms with Gasteiger partial charge in [0.25, 0.3) is 0 Å². The summed E-state index contributed by atoms with van der Waals surface area (Å²) in [5.41, 5.74) is 3.55. The van der Waals surface area contributed by atoms with Crippen LogP contribution >= 0.6 is 12.2 Å². The lowest BCUT2D eigenvalue weighted by Gasteiger charge is -2.43. The highest BCUT2D eigenvalue weighted by atomic mass is 32.1. The number of anilines is 1. The fourth-order valence-corrected chi connectivity index (χ4v) is 2.85. The number of ether oxygens (including phenoxy) is 1. The zero-order valence-electron chi connectivity index (χ0n) is 14.1. The van der Waals surface area contributed by atoms with Crippen LogP contribution in [0.2, 0.25) is 0 Å². The molecular formula is C16H24N4O2S. The second-order valence-electron chi connectivity index (χ2n) is 5.76. The van der Waals surface area contributed by atoms with Gasteiger partial charge in [0.2, 0.25) is 0 Å². The Bertz CT molecular complexity index is 593. The zero-order valence-corrected chi connectivity index (χ0v) is 14.9. The summed E-state index contributed by atoms with van der Waals surface area (Å²) in [4.78, 5) is 17.5. The van der Waals surface area contributed by atoms with Crippen molar-refractivity contribution in [1.29, 1.82) is 0 Å². The molecule has 1 fully saturated rings.